The molecule has 2 aromatic rings. The summed E-state index contributed by atoms with van der Waals surface area (Å²) in [5, 5.41) is 4.34. The zero-order chi connectivity index (χ0) is 16.2. The molecule has 5 heteroatoms. The Kier molecular flexibility index (Phi) is 4.84. The molecule has 1 atom stereocenters. The van der Waals surface area contributed by atoms with Crippen LogP contribution in [0.25, 0.3) is 0 Å². The van der Waals surface area contributed by atoms with E-state index >= 15 is 0 Å². The van der Waals surface area contributed by atoms with Gasteiger partial charge in [0.15, 0.2) is 0 Å². The first kappa shape index (κ1) is 15.8. The smallest absolute Gasteiger partial charge is 0.248 e. The highest BCUT2D eigenvalue weighted by Crippen LogP contribution is 2.23. The van der Waals surface area contributed by atoms with Gasteiger partial charge in [0.2, 0.25) is 5.91 Å². The highest BCUT2D eigenvalue weighted by molar-refractivity contribution is 6.30. The van der Waals surface area contributed by atoms with Crippen LogP contribution < -0.4 is 16.0 Å². The highest BCUT2D eigenvalue weighted by Gasteiger charge is 2.22. The van der Waals surface area contributed by atoms with Crippen molar-refractivity contribution in [3.05, 3.63) is 64.7 Å². The topological polar surface area (TPSA) is 58.4 Å². The Balaban J connectivity index is 1.53. The third kappa shape index (κ3) is 4.03. The van der Waals surface area contributed by atoms with Crippen molar-refractivity contribution in [2.45, 2.75) is 19.0 Å². The minimum atomic E-state index is -0.391. The number of anilines is 1. The van der Waals surface area contributed by atoms with Crippen LogP contribution in [0.15, 0.2) is 48.5 Å². The molecule has 1 aliphatic heterocycles. The fourth-order valence-electron chi connectivity index (χ4n) is 2.88. The van der Waals surface area contributed by atoms with Crippen molar-refractivity contribution in [1.29, 1.82) is 0 Å². The van der Waals surface area contributed by atoms with Gasteiger partial charge in [0.05, 0.1) is 0 Å². The number of nitrogens with one attached hydrogen (secondary N) is 1. The molecule has 1 saturated heterocycles. The summed E-state index contributed by atoms with van der Waals surface area (Å²) in [6, 6.07) is 15.9. The first-order chi connectivity index (χ1) is 11.1. The molecule has 1 amide bonds. The van der Waals surface area contributed by atoms with Gasteiger partial charge < -0.3 is 16.0 Å². The normalized spacial score (nSPS) is 17.4. The number of carbonyl (C=O) groups excluding carboxylic acids is 1. The van der Waals surface area contributed by atoms with Crippen molar-refractivity contribution < 1.29 is 4.79 Å². The summed E-state index contributed by atoms with van der Waals surface area (Å²) in [5.74, 6) is -0.391. The monoisotopic (exact) mass is 329 g/mol. The minimum Gasteiger partial charge on any atom is -0.370 e. The van der Waals surface area contributed by atoms with Crippen LogP contribution in [-0.4, -0.2) is 25.0 Å². The number of primary amides is 1. The lowest BCUT2D eigenvalue weighted by Gasteiger charge is -2.19. The van der Waals surface area contributed by atoms with Crippen LogP contribution in [0.5, 0.6) is 0 Å². The lowest BCUT2D eigenvalue weighted by molar-refractivity contribution is 0.100. The standard InChI is InChI=1S/C18H20ClN3O/c19-15-2-1-3-17(10-15)22-9-8-16(12-22)21-11-13-4-6-14(7-5-13)18(20)23/h1-7,10,16,21H,8-9,11-12H2,(H2,20,23). The lowest BCUT2D eigenvalue weighted by Crippen LogP contribution is -2.32. The molecule has 0 saturated carbocycles. The van der Waals surface area contributed by atoms with E-state index in [0.717, 1.165) is 36.6 Å². The number of carbonyl (C=O) groups is 1. The zero-order valence-corrected chi connectivity index (χ0v) is 13.6. The fourth-order valence-corrected chi connectivity index (χ4v) is 3.07. The maximum atomic E-state index is 11.1. The number of hydrogen-bond acceptors (Lipinski definition) is 3. The third-order valence-corrected chi connectivity index (χ3v) is 4.43. The molecule has 1 unspecified atom stereocenters. The molecule has 0 radical (unpaired) electrons. The molecule has 0 aliphatic carbocycles. The average molecular weight is 330 g/mol. The zero-order valence-electron chi connectivity index (χ0n) is 12.8. The van der Waals surface area contributed by atoms with Gasteiger partial charge >= 0.3 is 0 Å². The van der Waals surface area contributed by atoms with Gasteiger partial charge in [-0.3, -0.25) is 4.79 Å². The molecule has 1 aliphatic rings. The third-order valence-electron chi connectivity index (χ3n) is 4.19. The Morgan fingerprint density at radius 1 is 1.26 bits per heavy atom. The number of halogens is 1. The molecule has 4 nitrogen and oxygen atoms in total. The lowest BCUT2D eigenvalue weighted by atomic mass is 10.1. The molecule has 120 valence electrons. The predicted molar refractivity (Wildman–Crippen MR) is 93.9 cm³/mol. The summed E-state index contributed by atoms with van der Waals surface area (Å²) in [6.07, 6.45) is 1.10. The van der Waals surface area contributed by atoms with E-state index in [-0.39, 0.29) is 0 Å². The van der Waals surface area contributed by atoms with Gasteiger partial charge in [-0.1, -0.05) is 29.8 Å². The van der Waals surface area contributed by atoms with Crippen molar-refractivity contribution in [1.82, 2.24) is 5.32 Å². The van der Waals surface area contributed by atoms with E-state index in [9.17, 15) is 4.79 Å². The van der Waals surface area contributed by atoms with Gasteiger partial charge in [0.1, 0.15) is 0 Å². The van der Waals surface area contributed by atoms with Gasteiger partial charge in [0.25, 0.3) is 0 Å². The molecule has 23 heavy (non-hydrogen) atoms. The number of nitrogens with zero attached hydrogens (tertiary/aromatic N) is 1. The maximum Gasteiger partial charge on any atom is 0.248 e. The molecule has 1 heterocycles. The van der Waals surface area contributed by atoms with E-state index in [1.54, 1.807) is 12.1 Å². The Morgan fingerprint density at radius 2 is 2.04 bits per heavy atom. The van der Waals surface area contributed by atoms with E-state index in [4.69, 9.17) is 17.3 Å². The fraction of sp³-hybridized carbons (Fsp3) is 0.278. The first-order valence-corrected chi connectivity index (χ1v) is 8.12. The molecular weight excluding hydrogens is 310 g/mol. The second kappa shape index (κ2) is 7.02. The van der Waals surface area contributed by atoms with Gasteiger partial charge in [-0.2, -0.15) is 0 Å². The minimum absolute atomic E-state index is 0.391. The van der Waals surface area contributed by atoms with Crippen molar-refractivity contribution in [2.24, 2.45) is 5.73 Å². The quantitative estimate of drug-likeness (QED) is 0.886. The van der Waals surface area contributed by atoms with Crippen molar-refractivity contribution in [3.8, 4) is 0 Å². The summed E-state index contributed by atoms with van der Waals surface area (Å²) < 4.78 is 0. The van der Waals surface area contributed by atoms with Crippen LogP contribution in [0.1, 0.15) is 22.3 Å². The van der Waals surface area contributed by atoms with Crippen LogP contribution in [-0.2, 0) is 6.54 Å². The molecule has 0 bridgehead atoms. The van der Waals surface area contributed by atoms with Crippen LogP contribution in [0.2, 0.25) is 5.02 Å². The van der Waals surface area contributed by atoms with E-state index in [1.165, 1.54) is 5.69 Å². The first-order valence-electron chi connectivity index (χ1n) is 7.74. The summed E-state index contributed by atoms with van der Waals surface area (Å²) in [6.45, 7) is 2.78. The van der Waals surface area contributed by atoms with E-state index in [1.807, 2.05) is 30.3 Å². The molecule has 0 spiro atoms. The van der Waals surface area contributed by atoms with Crippen molar-refractivity contribution in [2.75, 3.05) is 18.0 Å². The Bertz CT molecular complexity index is 687. The number of nitrogens with two attached hydrogens (primary N) is 1. The van der Waals surface area contributed by atoms with E-state index in [0.29, 0.717) is 11.6 Å². The molecule has 3 rings (SSSR count). The van der Waals surface area contributed by atoms with Crippen molar-refractivity contribution in [3.63, 3.8) is 0 Å². The Hall–Kier alpha value is -2.04. The van der Waals surface area contributed by atoms with Crippen LogP contribution in [0, 0.1) is 0 Å². The van der Waals surface area contributed by atoms with Crippen molar-refractivity contribution >= 4 is 23.2 Å². The van der Waals surface area contributed by atoms with Gasteiger partial charge in [-0.05, 0) is 42.3 Å². The van der Waals surface area contributed by atoms with E-state index < -0.39 is 5.91 Å². The summed E-state index contributed by atoms with van der Waals surface area (Å²) >= 11 is 6.06. The maximum absolute atomic E-state index is 11.1. The molecule has 0 aromatic heterocycles. The Labute approximate surface area is 141 Å². The average Bonchev–Trinajstić information content (AvgIpc) is 3.02. The largest absolute Gasteiger partial charge is 0.370 e. The van der Waals surface area contributed by atoms with Gasteiger partial charge in [-0.15, -0.1) is 0 Å². The predicted octanol–water partition coefficient (Wildman–Crippen LogP) is 2.81. The summed E-state index contributed by atoms with van der Waals surface area (Å²) in [4.78, 5) is 13.4. The van der Waals surface area contributed by atoms with Crippen LogP contribution in [0.3, 0.4) is 0 Å². The number of rotatable bonds is 5. The number of hydrogen-bond donors (Lipinski definition) is 2. The van der Waals surface area contributed by atoms with Crippen LogP contribution >= 0.6 is 11.6 Å². The second-order valence-corrected chi connectivity index (χ2v) is 6.29. The number of benzene rings is 2. The molecule has 2 aromatic carbocycles. The molecule has 1 fully saturated rings. The number of amides is 1. The highest BCUT2D eigenvalue weighted by atomic mass is 35.5. The summed E-state index contributed by atoms with van der Waals surface area (Å²) in [7, 11) is 0. The van der Waals surface area contributed by atoms with Gasteiger partial charge in [-0.25, -0.2) is 0 Å². The molecule has 3 N–H and O–H groups in total. The SMILES string of the molecule is NC(=O)c1ccc(CNC2CCN(c3cccc(Cl)c3)C2)cc1. The molecular formula is C18H20ClN3O. The van der Waals surface area contributed by atoms with Crippen LogP contribution in [0.4, 0.5) is 5.69 Å². The van der Waals surface area contributed by atoms with Gasteiger partial charge in [0, 0.05) is 41.9 Å². The second-order valence-electron chi connectivity index (χ2n) is 5.85. The summed E-state index contributed by atoms with van der Waals surface area (Å²) in [5.41, 5.74) is 8.12. The Morgan fingerprint density at radius 3 is 2.74 bits per heavy atom. The van der Waals surface area contributed by atoms with E-state index in [2.05, 4.69) is 16.3 Å².